The number of amides is 2. The van der Waals surface area contributed by atoms with Gasteiger partial charge in [-0.1, -0.05) is 66.5 Å². The first kappa shape index (κ1) is 19.0. The zero-order chi connectivity index (χ0) is 19.2. The highest BCUT2D eigenvalue weighted by molar-refractivity contribution is 8.26. The summed E-state index contributed by atoms with van der Waals surface area (Å²) in [7, 11) is 0. The first-order valence-electron chi connectivity index (χ1n) is 8.22. The van der Waals surface area contributed by atoms with Gasteiger partial charge in [0, 0.05) is 6.20 Å². The molecule has 0 saturated carbocycles. The van der Waals surface area contributed by atoms with Crippen molar-refractivity contribution in [1.29, 1.82) is 0 Å². The van der Waals surface area contributed by atoms with Gasteiger partial charge in [-0.05, 0) is 36.3 Å². The lowest BCUT2D eigenvalue weighted by Crippen LogP contribution is -2.36. The van der Waals surface area contributed by atoms with Crippen LogP contribution in [0, 0.1) is 0 Å². The Morgan fingerprint density at radius 2 is 1.96 bits per heavy atom. The Morgan fingerprint density at radius 3 is 2.67 bits per heavy atom. The van der Waals surface area contributed by atoms with Gasteiger partial charge in [0.05, 0.1) is 4.91 Å². The third-order valence-corrected chi connectivity index (χ3v) is 5.04. The van der Waals surface area contributed by atoms with E-state index in [1.165, 1.54) is 16.7 Å². The van der Waals surface area contributed by atoms with Gasteiger partial charge in [0.15, 0.2) is 0 Å². The van der Waals surface area contributed by atoms with E-state index in [1.807, 2.05) is 43.3 Å². The number of thioether (sulfide) groups is 1. The number of allylic oxidation sites excluding steroid dienone is 2. The maximum absolute atomic E-state index is 12.6. The van der Waals surface area contributed by atoms with Crippen LogP contribution in [0.2, 0.25) is 0 Å². The van der Waals surface area contributed by atoms with Crippen molar-refractivity contribution in [3.05, 3.63) is 76.8 Å². The van der Waals surface area contributed by atoms with E-state index in [9.17, 15) is 9.59 Å². The number of benzene rings is 1. The molecule has 0 bridgehead atoms. The Kier molecular flexibility index (Phi) is 6.16. The molecule has 0 unspecified atom stereocenters. The second kappa shape index (κ2) is 8.75. The fraction of sp³-hybridized carbons (Fsp3) is 0.100. The van der Waals surface area contributed by atoms with E-state index in [-0.39, 0.29) is 18.4 Å². The van der Waals surface area contributed by atoms with E-state index in [4.69, 9.17) is 12.2 Å². The summed E-state index contributed by atoms with van der Waals surface area (Å²) in [6, 6.07) is 15.1. The van der Waals surface area contributed by atoms with Crippen molar-refractivity contribution in [3.8, 4) is 0 Å². The molecule has 1 aromatic heterocycles. The van der Waals surface area contributed by atoms with Gasteiger partial charge in [0.2, 0.25) is 5.91 Å². The van der Waals surface area contributed by atoms with E-state index in [2.05, 4.69) is 10.3 Å². The topological polar surface area (TPSA) is 62.3 Å². The van der Waals surface area contributed by atoms with Crippen LogP contribution in [0.3, 0.4) is 0 Å². The minimum atomic E-state index is -0.345. The van der Waals surface area contributed by atoms with Crippen LogP contribution >= 0.6 is 24.0 Å². The molecule has 2 amide bonds. The number of hydrogen-bond acceptors (Lipinski definition) is 5. The molecular weight excluding hydrogens is 378 g/mol. The van der Waals surface area contributed by atoms with Gasteiger partial charge in [-0.2, -0.15) is 0 Å². The number of carbonyl (C=O) groups excluding carboxylic acids is 2. The first-order valence-corrected chi connectivity index (χ1v) is 9.45. The predicted octanol–water partition coefficient (Wildman–Crippen LogP) is 3.87. The number of aromatic nitrogens is 1. The summed E-state index contributed by atoms with van der Waals surface area (Å²) in [6.07, 6.45) is 5.36. The second-order valence-electron chi connectivity index (χ2n) is 5.83. The second-order valence-corrected chi connectivity index (χ2v) is 7.51. The van der Waals surface area contributed by atoms with E-state index >= 15 is 0 Å². The van der Waals surface area contributed by atoms with Gasteiger partial charge in [-0.3, -0.25) is 14.5 Å². The van der Waals surface area contributed by atoms with Gasteiger partial charge in [-0.25, -0.2) is 4.98 Å². The number of carbonyl (C=O) groups is 2. The summed E-state index contributed by atoms with van der Waals surface area (Å²) in [5, 5.41) is 2.65. The highest BCUT2D eigenvalue weighted by Crippen LogP contribution is 2.31. The molecule has 1 saturated heterocycles. The van der Waals surface area contributed by atoms with Gasteiger partial charge >= 0.3 is 0 Å². The SMILES string of the molecule is CC(=C\c1ccccc1)/C=C1/SC(=S)N(CC(=O)Nc2ccccn2)C1=O. The monoisotopic (exact) mass is 395 g/mol. The van der Waals surface area contributed by atoms with Crippen LogP contribution in [-0.2, 0) is 9.59 Å². The minimum absolute atomic E-state index is 0.139. The lowest BCUT2D eigenvalue weighted by molar-refractivity contribution is -0.126. The van der Waals surface area contributed by atoms with Crippen molar-refractivity contribution < 1.29 is 9.59 Å². The summed E-state index contributed by atoms with van der Waals surface area (Å²) in [6.45, 7) is 1.79. The molecule has 1 aromatic carbocycles. The van der Waals surface area contributed by atoms with Gasteiger partial charge in [-0.15, -0.1) is 0 Å². The Labute approximate surface area is 167 Å². The molecule has 3 rings (SSSR count). The summed E-state index contributed by atoms with van der Waals surface area (Å²) in [4.78, 5) is 30.7. The smallest absolute Gasteiger partial charge is 0.266 e. The third-order valence-electron chi connectivity index (χ3n) is 3.66. The predicted molar refractivity (Wildman–Crippen MR) is 113 cm³/mol. The molecule has 27 heavy (non-hydrogen) atoms. The number of thiocarbonyl (C=S) groups is 1. The van der Waals surface area contributed by atoms with Gasteiger partial charge in [0.1, 0.15) is 16.7 Å². The third kappa shape index (κ3) is 5.12. The van der Waals surface area contributed by atoms with Crippen molar-refractivity contribution in [2.45, 2.75) is 6.92 Å². The van der Waals surface area contributed by atoms with Gasteiger partial charge < -0.3 is 5.32 Å². The number of pyridine rings is 1. The van der Waals surface area contributed by atoms with Crippen LogP contribution in [0.4, 0.5) is 5.82 Å². The Balaban J connectivity index is 1.67. The fourth-order valence-electron chi connectivity index (χ4n) is 2.46. The highest BCUT2D eigenvalue weighted by atomic mass is 32.2. The molecular formula is C20H17N3O2S2. The summed E-state index contributed by atoms with van der Waals surface area (Å²) < 4.78 is 0.370. The van der Waals surface area contributed by atoms with Crippen LogP contribution in [-0.4, -0.2) is 32.6 Å². The van der Waals surface area contributed by atoms with E-state index in [0.29, 0.717) is 15.0 Å². The molecule has 0 atom stereocenters. The number of anilines is 1. The van der Waals surface area contributed by atoms with Gasteiger partial charge in [0.25, 0.3) is 5.91 Å². The Morgan fingerprint density at radius 1 is 1.22 bits per heavy atom. The van der Waals surface area contributed by atoms with Crippen molar-refractivity contribution in [3.63, 3.8) is 0 Å². The van der Waals surface area contributed by atoms with Crippen LogP contribution in [0.25, 0.3) is 6.08 Å². The van der Waals surface area contributed by atoms with E-state index in [0.717, 1.165) is 11.1 Å². The molecule has 5 nitrogen and oxygen atoms in total. The maximum Gasteiger partial charge on any atom is 0.266 e. The van der Waals surface area contributed by atoms with Crippen LogP contribution in [0.1, 0.15) is 12.5 Å². The summed E-state index contributed by atoms with van der Waals surface area (Å²) >= 11 is 6.47. The molecule has 136 valence electrons. The first-order chi connectivity index (χ1) is 13.0. The lowest BCUT2D eigenvalue weighted by Gasteiger charge is -2.13. The average Bonchev–Trinajstić information content (AvgIpc) is 2.90. The molecule has 1 aliphatic rings. The molecule has 2 aromatic rings. The van der Waals surface area contributed by atoms with Crippen LogP contribution in [0.15, 0.2) is 71.3 Å². The molecule has 2 heterocycles. The standard InChI is InChI=1S/C20H17N3O2S2/c1-14(11-15-7-3-2-4-8-15)12-16-19(25)23(20(26)27-16)13-18(24)22-17-9-5-6-10-21-17/h2-12H,13H2,1H3,(H,21,22,24)/b14-11+,16-12+. The van der Waals surface area contributed by atoms with Crippen LogP contribution < -0.4 is 5.32 Å². The molecule has 7 heteroatoms. The molecule has 1 fully saturated rings. The molecule has 1 aliphatic heterocycles. The Hall–Kier alpha value is -2.77. The highest BCUT2D eigenvalue weighted by Gasteiger charge is 2.33. The Bertz CT molecular complexity index is 925. The lowest BCUT2D eigenvalue weighted by atomic mass is 10.1. The summed E-state index contributed by atoms with van der Waals surface area (Å²) in [5.74, 6) is -0.171. The maximum atomic E-state index is 12.6. The van der Waals surface area contributed by atoms with E-state index < -0.39 is 0 Å². The summed E-state index contributed by atoms with van der Waals surface area (Å²) in [5.41, 5.74) is 1.98. The zero-order valence-electron chi connectivity index (χ0n) is 14.6. The molecule has 0 spiro atoms. The van der Waals surface area contributed by atoms with Crippen molar-refractivity contribution in [2.24, 2.45) is 0 Å². The van der Waals surface area contributed by atoms with Crippen molar-refractivity contribution in [1.82, 2.24) is 9.88 Å². The molecule has 1 N–H and O–H groups in total. The largest absolute Gasteiger partial charge is 0.309 e. The van der Waals surface area contributed by atoms with Crippen LogP contribution in [0.5, 0.6) is 0 Å². The van der Waals surface area contributed by atoms with Crippen molar-refractivity contribution in [2.75, 3.05) is 11.9 Å². The number of nitrogens with zero attached hydrogens (tertiary/aromatic N) is 2. The average molecular weight is 396 g/mol. The minimum Gasteiger partial charge on any atom is -0.309 e. The number of hydrogen-bond donors (Lipinski definition) is 1. The fourth-order valence-corrected chi connectivity index (χ4v) is 3.76. The zero-order valence-corrected chi connectivity index (χ0v) is 16.2. The van der Waals surface area contributed by atoms with Crippen molar-refractivity contribution >= 4 is 52.0 Å². The number of rotatable bonds is 5. The number of nitrogens with one attached hydrogen (secondary N) is 1. The quantitative estimate of drug-likeness (QED) is 0.615. The molecule has 0 aliphatic carbocycles. The normalized spacial score (nSPS) is 16.1. The van der Waals surface area contributed by atoms with E-state index in [1.54, 1.807) is 30.5 Å². The molecule has 0 radical (unpaired) electrons.